The fourth-order valence-corrected chi connectivity index (χ4v) is 1.43. The Kier molecular flexibility index (Phi) is 5.58. The van der Waals surface area contributed by atoms with Crippen LogP contribution in [0.25, 0.3) is 0 Å². The van der Waals surface area contributed by atoms with E-state index in [4.69, 9.17) is 10.5 Å². The molecule has 2 N–H and O–H groups in total. The normalized spacial score (nSPS) is 12.0. The third-order valence-corrected chi connectivity index (χ3v) is 2.62. The summed E-state index contributed by atoms with van der Waals surface area (Å²) in [5, 5.41) is 0. The lowest BCUT2D eigenvalue weighted by Crippen LogP contribution is -2.42. The van der Waals surface area contributed by atoms with Crippen molar-refractivity contribution in [2.45, 2.75) is 19.4 Å². The van der Waals surface area contributed by atoms with Crippen LogP contribution in [0.3, 0.4) is 0 Å². The smallest absolute Gasteiger partial charge is 0.239 e. The summed E-state index contributed by atoms with van der Waals surface area (Å²) in [6.45, 7) is 2.59. The first-order chi connectivity index (χ1) is 8.54. The largest absolute Gasteiger partial charge is 0.492 e. The molecular formula is C13H19FN2O2. The number of carbonyl (C=O) groups is 1. The maximum Gasteiger partial charge on any atom is 0.239 e. The van der Waals surface area contributed by atoms with Gasteiger partial charge in [0.25, 0.3) is 0 Å². The van der Waals surface area contributed by atoms with Gasteiger partial charge in [-0.15, -0.1) is 0 Å². The van der Waals surface area contributed by atoms with Crippen molar-refractivity contribution in [1.29, 1.82) is 0 Å². The molecule has 0 aliphatic rings. The summed E-state index contributed by atoms with van der Waals surface area (Å²) in [5.41, 5.74) is 5.64. The molecule has 0 fully saturated rings. The van der Waals surface area contributed by atoms with E-state index in [2.05, 4.69) is 0 Å². The van der Waals surface area contributed by atoms with Crippen molar-refractivity contribution in [3.8, 4) is 5.75 Å². The van der Waals surface area contributed by atoms with Gasteiger partial charge in [-0.3, -0.25) is 4.79 Å². The molecule has 0 saturated heterocycles. The number of ether oxygens (including phenoxy) is 1. The van der Waals surface area contributed by atoms with E-state index in [1.807, 2.05) is 6.92 Å². The van der Waals surface area contributed by atoms with Crippen LogP contribution in [-0.4, -0.2) is 37.0 Å². The van der Waals surface area contributed by atoms with Crippen molar-refractivity contribution in [2.75, 3.05) is 20.2 Å². The monoisotopic (exact) mass is 254 g/mol. The number of hydrogen-bond acceptors (Lipinski definition) is 3. The minimum atomic E-state index is -0.468. The maximum atomic E-state index is 12.9. The Morgan fingerprint density at radius 3 is 2.89 bits per heavy atom. The Morgan fingerprint density at radius 1 is 1.56 bits per heavy atom. The van der Waals surface area contributed by atoms with E-state index in [9.17, 15) is 9.18 Å². The second kappa shape index (κ2) is 6.96. The molecule has 1 amide bonds. The molecular weight excluding hydrogens is 235 g/mol. The number of benzene rings is 1. The molecule has 0 bridgehead atoms. The zero-order chi connectivity index (χ0) is 13.5. The highest BCUT2D eigenvalue weighted by atomic mass is 19.1. The Morgan fingerprint density at radius 2 is 2.28 bits per heavy atom. The van der Waals surface area contributed by atoms with Gasteiger partial charge >= 0.3 is 0 Å². The van der Waals surface area contributed by atoms with Gasteiger partial charge in [0.05, 0.1) is 12.6 Å². The molecule has 0 saturated carbocycles. The lowest BCUT2D eigenvalue weighted by atomic mass is 10.2. The van der Waals surface area contributed by atoms with E-state index >= 15 is 0 Å². The van der Waals surface area contributed by atoms with Crippen LogP contribution >= 0.6 is 0 Å². The van der Waals surface area contributed by atoms with Gasteiger partial charge in [-0.05, 0) is 18.6 Å². The summed E-state index contributed by atoms with van der Waals surface area (Å²) < 4.78 is 18.2. The fraction of sp³-hybridized carbons (Fsp3) is 0.462. The minimum Gasteiger partial charge on any atom is -0.492 e. The van der Waals surface area contributed by atoms with Crippen LogP contribution < -0.4 is 10.5 Å². The Hall–Kier alpha value is -1.62. The number of likely N-dealkylation sites (N-methyl/N-ethyl adjacent to an activating group) is 1. The number of rotatable bonds is 6. The average molecular weight is 254 g/mol. The van der Waals surface area contributed by atoms with E-state index in [0.717, 1.165) is 0 Å². The molecule has 0 spiro atoms. The van der Waals surface area contributed by atoms with Crippen LogP contribution in [0.5, 0.6) is 5.75 Å². The van der Waals surface area contributed by atoms with Gasteiger partial charge in [0.1, 0.15) is 18.2 Å². The molecule has 0 radical (unpaired) electrons. The highest BCUT2D eigenvalue weighted by Crippen LogP contribution is 2.11. The van der Waals surface area contributed by atoms with Crippen molar-refractivity contribution >= 4 is 5.91 Å². The molecule has 1 aromatic rings. The second-order valence-corrected chi connectivity index (χ2v) is 4.08. The summed E-state index contributed by atoms with van der Waals surface area (Å²) >= 11 is 0. The first-order valence-corrected chi connectivity index (χ1v) is 5.93. The van der Waals surface area contributed by atoms with Crippen LogP contribution in [-0.2, 0) is 4.79 Å². The molecule has 0 aromatic heterocycles. The molecule has 4 nitrogen and oxygen atoms in total. The van der Waals surface area contributed by atoms with E-state index < -0.39 is 6.04 Å². The molecule has 0 heterocycles. The van der Waals surface area contributed by atoms with Crippen molar-refractivity contribution in [1.82, 2.24) is 4.90 Å². The molecule has 1 aromatic carbocycles. The van der Waals surface area contributed by atoms with E-state index in [0.29, 0.717) is 25.3 Å². The topological polar surface area (TPSA) is 55.6 Å². The molecule has 18 heavy (non-hydrogen) atoms. The van der Waals surface area contributed by atoms with Crippen molar-refractivity contribution in [3.05, 3.63) is 30.1 Å². The van der Waals surface area contributed by atoms with Gasteiger partial charge < -0.3 is 15.4 Å². The van der Waals surface area contributed by atoms with Crippen molar-refractivity contribution in [3.63, 3.8) is 0 Å². The lowest BCUT2D eigenvalue weighted by molar-refractivity contribution is -0.131. The van der Waals surface area contributed by atoms with Crippen molar-refractivity contribution < 1.29 is 13.9 Å². The van der Waals surface area contributed by atoms with Crippen molar-refractivity contribution in [2.24, 2.45) is 5.73 Å². The van der Waals surface area contributed by atoms with E-state index in [1.54, 1.807) is 19.2 Å². The summed E-state index contributed by atoms with van der Waals surface area (Å²) in [6, 6.07) is 5.43. The summed E-state index contributed by atoms with van der Waals surface area (Å²) in [7, 11) is 1.67. The zero-order valence-electron chi connectivity index (χ0n) is 10.7. The Bertz CT molecular complexity index is 398. The molecule has 1 atom stereocenters. The molecule has 0 aliphatic carbocycles. The molecule has 1 rings (SSSR count). The molecule has 1 unspecified atom stereocenters. The van der Waals surface area contributed by atoms with Gasteiger partial charge in [0.2, 0.25) is 5.91 Å². The van der Waals surface area contributed by atoms with Crippen LogP contribution in [0.15, 0.2) is 24.3 Å². The van der Waals surface area contributed by atoms with Crippen LogP contribution in [0, 0.1) is 5.82 Å². The van der Waals surface area contributed by atoms with Gasteiger partial charge in [-0.25, -0.2) is 4.39 Å². The maximum absolute atomic E-state index is 12.9. The number of nitrogens with zero attached hydrogens (tertiary/aromatic N) is 1. The van der Waals surface area contributed by atoms with Crippen LogP contribution in [0.2, 0.25) is 0 Å². The van der Waals surface area contributed by atoms with Gasteiger partial charge in [0.15, 0.2) is 0 Å². The number of hydrogen-bond donors (Lipinski definition) is 1. The quantitative estimate of drug-likeness (QED) is 0.835. The minimum absolute atomic E-state index is 0.111. The first kappa shape index (κ1) is 14.4. The van der Waals surface area contributed by atoms with E-state index in [-0.39, 0.29) is 11.7 Å². The van der Waals surface area contributed by atoms with Gasteiger partial charge in [-0.1, -0.05) is 13.0 Å². The molecule has 5 heteroatoms. The number of carbonyl (C=O) groups excluding carboxylic acids is 1. The van der Waals surface area contributed by atoms with Gasteiger partial charge in [-0.2, -0.15) is 0 Å². The average Bonchev–Trinajstić information content (AvgIpc) is 2.36. The highest BCUT2D eigenvalue weighted by molar-refractivity contribution is 5.81. The highest BCUT2D eigenvalue weighted by Gasteiger charge is 2.15. The Balaban J connectivity index is 2.35. The summed E-state index contributed by atoms with van der Waals surface area (Å²) in [5.74, 6) is 0.000849. The third kappa shape index (κ3) is 4.33. The lowest BCUT2D eigenvalue weighted by Gasteiger charge is -2.20. The molecule has 0 aliphatic heterocycles. The standard InChI is InChI=1S/C13H19FN2O2/c1-3-12(15)13(17)16(2)7-8-18-11-6-4-5-10(14)9-11/h4-6,9,12H,3,7-8,15H2,1-2H3. The zero-order valence-corrected chi connectivity index (χ0v) is 10.7. The predicted octanol–water partition coefficient (Wildman–Crippen LogP) is 1.40. The third-order valence-electron chi connectivity index (χ3n) is 2.62. The van der Waals surface area contributed by atoms with Crippen LogP contribution in [0.4, 0.5) is 4.39 Å². The van der Waals surface area contributed by atoms with E-state index in [1.165, 1.54) is 17.0 Å². The SMILES string of the molecule is CCC(N)C(=O)N(C)CCOc1cccc(F)c1. The van der Waals surface area contributed by atoms with Crippen LogP contribution in [0.1, 0.15) is 13.3 Å². The second-order valence-electron chi connectivity index (χ2n) is 4.08. The first-order valence-electron chi connectivity index (χ1n) is 5.93. The number of halogens is 1. The summed E-state index contributed by atoms with van der Waals surface area (Å²) in [6.07, 6.45) is 0.605. The fourth-order valence-electron chi connectivity index (χ4n) is 1.43. The molecule has 100 valence electrons. The number of nitrogens with two attached hydrogens (primary N) is 1. The van der Waals surface area contributed by atoms with Gasteiger partial charge in [0, 0.05) is 13.1 Å². The Labute approximate surface area is 107 Å². The number of amides is 1. The predicted molar refractivity (Wildman–Crippen MR) is 67.8 cm³/mol. The summed E-state index contributed by atoms with van der Waals surface area (Å²) in [4.78, 5) is 13.2.